The number of rotatable bonds is 13. The Kier molecular flexibility index (Phi) is 11.8. The predicted molar refractivity (Wildman–Crippen MR) is 185 cm³/mol. The third-order valence-electron chi connectivity index (χ3n) is 7.08. The summed E-state index contributed by atoms with van der Waals surface area (Å²) in [5.74, 6) is -0.0276. The molecule has 0 saturated heterocycles. The topological polar surface area (TPSA) is 115 Å². The summed E-state index contributed by atoms with van der Waals surface area (Å²) < 4.78 is 46.8. The molecule has 1 heterocycles. The van der Waals surface area contributed by atoms with E-state index >= 15 is 0 Å². The third-order valence-corrected chi connectivity index (χ3v) is 8.99. The molecule has 0 atom stereocenters. The van der Waals surface area contributed by atoms with Crippen molar-refractivity contribution < 1.29 is 32.2 Å². The van der Waals surface area contributed by atoms with E-state index in [-0.39, 0.29) is 31.1 Å². The first-order valence-corrected chi connectivity index (χ1v) is 17.3. The number of para-hydroxylation sites is 1. The molecule has 0 unspecified atom stereocenters. The smallest absolute Gasteiger partial charge is 0.410 e. The minimum atomic E-state index is -4.24. The van der Waals surface area contributed by atoms with Crippen molar-refractivity contribution >= 4 is 32.9 Å². The minimum Gasteiger partial charge on any atom is -0.491 e. The van der Waals surface area contributed by atoms with E-state index in [4.69, 9.17) is 14.2 Å². The second-order valence-corrected chi connectivity index (χ2v) is 15.3. The van der Waals surface area contributed by atoms with Crippen molar-refractivity contribution in [1.82, 2.24) is 14.2 Å². The average Bonchev–Trinajstić information content (AvgIpc) is 3.01. The van der Waals surface area contributed by atoms with Gasteiger partial charge in [-0.1, -0.05) is 60.7 Å². The Morgan fingerprint density at radius 3 is 2.17 bits per heavy atom. The van der Waals surface area contributed by atoms with Gasteiger partial charge in [-0.25, -0.2) is 13.2 Å². The summed E-state index contributed by atoms with van der Waals surface area (Å²) in [6.07, 6.45) is 3.14. The molecule has 1 aromatic heterocycles. The van der Waals surface area contributed by atoms with Crippen LogP contribution in [-0.2, 0) is 30.7 Å². The molecule has 3 aromatic carbocycles. The minimum absolute atomic E-state index is 0.0214. The number of hydrogen-bond acceptors (Lipinski definition) is 8. The molecule has 0 fully saturated rings. The summed E-state index contributed by atoms with van der Waals surface area (Å²) in [7, 11) is -4.24. The van der Waals surface area contributed by atoms with E-state index in [0.29, 0.717) is 22.9 Å². The van der Waals surface area contributed by atoms with Gasteiger partial charge in [0.25, 0.3) is 0 Å². The van der Waals surface area contributed by atoms with Crippen LogP contribution < -0.4 is 4.74 Å². The number of amides is 1. The van der Waals surface area contributed by atoms with Gasteiger partial charge >= 0.3 is 12.1 Å². The van der Waals surface area contributed by atoms with Gasteiger partial charge in [0.15, 0.2) is 0 Å². The monoisotopic (exact) mass is 675 g/mol. The zero-order valence-corrected chi connectivity index (χ0v) is 29.3. The predicted octanol–water partition coefficient (Wildman–Crippen LogP) is 6.47. The maximum Gasteiger partial charge on any atom is 0.410 e. The third kappa shape index (κ3) is 10.5. The lowest BCUT2D eigenvalue weighted by Gasteiger charge is -2.30. The first-order valence-electron chi connectivity index (χ1n) is 15.9. The number of esters is 1. The van der Waals surface area contributed by atoms with Crippen LogP contribution in [0.3, 0.4) is 0 Å². The summed E-state index contributed by atoms with van der Waals surface area (Å²) in [6.45, 7) is 9.82. The van der Waals surface area contributed by atoms with Crippen LogP contribution in [-0.4, -0.2) is 78.7 Å². The Bertz CT molecular complexity index is 1790. The molecule has 0 aliphatic rings. The molecular weight excluding hydrogens is 630 g/mol. The second kappa shape index (κ2) is 15.6. The quantitative estimate of drug-likeness (QED) is 0.148. The maximum absolute atomic E-state index is 14.2. The molecule has 10 nitrogen and oxygen atoms in total. The number of hydrogen-bond donors (Lipinski definition) is 0. The molecule has 4 aromatic rings. The Labute approximate surface area is 283 Å². The molecule has 0 saturated carbocycles. The largest absolute Gasteiger partial charge is 0.491 e. The van der Waals surface area contributed by atoms with Crippen LogP contribution in [0.25, 0.3) is 10.8 Å². The highest BCUT2D eigenvalue weighted by Crippen LogP contribution is 2.26. The molecule has 0 aliphatic heterocycles. The number of carbonyl (C=O) groups excluding carboxylic acids is 2. The number of benzene rings is 3. The number of fused-ring (bicyclic) bond motifs is 1. The van der Waals surface area contributed by atoms with Crippen molar-refractivity contribution in [3.8, 4) is 5.75 Å². The highest BCUT2D eigenvalue weighted by molar-refractivity contribution is 7.89. The molecule has 0 aliphatic carbocycles. The number of carbonyl (C=O) groups is 2. The van der Waals surface area contributed by atoms with E-state index in [9.17, 15) is 18.0 Å². The van der Waals surface area contributed by atoms with E-state index in [1.54, 1.807) is 65.9 Å². The number of sulfonamides is 1. The molecule has 48 heavy (non-hydrogen) atoms. The summed E-state index contributed by atoms with van der Waals surface area (Å²) in [5, 5.41) is 1.10. The fourth-order valence-corrected chi connectivity index (χ4v) is 6.57. The first-order chi connectivity index (χ1) is 22.6. The molecular formula is C37H45N3O7S. The van der Waals surface area contributed by atoms with Crippen molar-refractivity contribution in [2.24, 2.45) is 0 Å². The van der Waals surface area contributed by atoms with Gasteiger partial charge in [0.05, 0.1) is 11.4 Å². The Morgan fingerprint density at radius 1 is 0.771 bits per heavy atom. The molecule has 1 amide bonds. The molecule has 256 valence electrons. The number of aromatic nitrogens is 1. The second-order valence-electron chi connectivity index (χ2n) is 13.4. The van der Waals surface area contributed by atoms with E-state index in [1.165, 1.54) is 17.2 Å². The molecule has 0 radical (unpaired) electrons. The standard InChI is InChI=1S/C37H45N3O7S/c1-36(2,3)46-34(41)27-40(48(43,44)33-18-12-16-30-26-38-20-19-31(30)33)22-21-39(35(42)47-37(4,5)6)23-24-45-32-17-11-10-15-29(32)25-28-13-8-7-9-14-28/h7-20,26H,21-25,27H2,1-6H3. The molecule has 0 bridgehead atoms. The van der Waals surface area contributed by atoms with Gasteiger partial charge in [-0.05, 0) is 70.9 Å². The highest BCUT2D eigenvalue weighted by atomic mass is 32.2. The lowest BCUT2D eigenvalue weighted by atomic mass is 10.0. The van der Waals surface area contributed by atoms with Crippen LogP contribution in [0, 0.1) is 0 Å². The summed E-state index contributed by atoms with van der Waals surface area (Å²) in [5.41, 5.74) is 0.511. The van der Waals surface area contributed by atoms with Crippen LogP contribution in [0.1, 0.15) is 52.7 Å². The fourth-order valence-electron chi connectivity index (χ4n) is 4.98. The summed E-state index contributed by atoms with van der Waals surface area (Å²) in [6, 6.07) is 24.3. The Balaban J connectivity index is 1.57. The number of nitrogens with zero attached hydrogens (tertiary/aromatic N) is 3. The zero-order chi connectivity index (χ0) is 35.0. The van der Waals surface area contributed by atoms with Gasteiger partial charge in [0, 0.05) is 42.7 Å². The average molecular weight is 676 g/mol. The van der Waals surface area contributed by atoms with E-state index in [0.717, 1.165) is 15.4 Å². The summed E-state index contributed by atoms with van der Waals surface area (Å²) >= 11 is 0. The van der Waals surface area contributed by atoms with E-state index in [2.05, 4.69) is 4.98 Å². The van der Waals surface area contributed by atoms with E-state index < -0.39 is 39.8 Å². The van der Waals surface area contributed by atoms with Crippen LogP contribution >= 0.6 is 0 Å². The normalized spacial score (nSPS) is 12.1. The van der Waals surface area contributed by atoms with Crippen LogP contribution in [0.15, 0.2) is 96.2 Å². The first kappa shape index (κ1) is 36.4. The van der Waals surface area contributed by atoms with Crippen molar-refractivity contribution in [1.29, 1.82) is 0 Å². The molecule has 0 N–H and O–H groups in total. The van der Waals surface area contributed by atoms with Gasteiger partial charge in [-0.3, -0.25) is 9.78 Å². The van der Waals surface area contributed by atoms with Gasteiger partial charge in [0.2, 0.25) is 10.0 Å². The van der Waals surface area contributed by atoms with E-state index in [1.807, 2.05) is 54.6 Å². The van der Waals surface area contributed by atoms with Crippen molar-refractivity contribution in [3.05, 3.63) is 102 Å². The lowest BCUT2D eigenvalue weighted by molar-refractivity contribution is -0.155. The number of pyridine rings is 1. The number of ether oxygens (including phenoxy) is 3. The maximum atomic E-state index is 14.2. The lowest BCUT2D eigenvalue weighted by Crippen LogP contribution is -2.46. The molecule has 4 rings (SSSR count). The summed E-state index contributed by atoms with van der Waals surface area (Å²) in [4.78, 5) is 31.9. The van der Waals surface area contributed by atoms with Gasteiger partial charge in [-0.2, -0.15) is 4.31 Å². The van der Waals surface area contributed by atoms with Crippen molar-refractivity contribution in [3.63, 3.8) is 0 Å². The van der Waals surface area contributed by atoms with Crippen LogP contribution in [0.4, 0.5) is 4.79 Å². The zero-order valence-electron chi connectivity index (χ0n) is 28.5. The van der Waals surface area contributed by atoms with Crippen LogP contribution in [0.2, 0.25) is 0 Å². The van der Waals surface area contributed by atoms with Gasteiger partial charge < -0.3 is 19.1 Å². The van der Waals surface area contributed by atoms with Crippen molar-refractivity contribution in [2.75, 3.05) is 32.8 Å². The Morgan fingerprint density at radius 2 is 1.46 bits per heavy atom. The van der Waals surface area contributed by atoms with Crippen LogP contribution in [0.5, 0.6) is 5.75 Å². The van der Waals surface area contributed by atoms with Gasteiger partial charge in [0.1, 0.15) is 30.1 Å². The SMILES string of the molecule is CC(C)(C)OC(=O)CN(CCN(CCOc1ccccc1Cc1ccccc1)C(=O)OC(C)(C)C)S(=O)(=O)c1cccc2cnccc12. The highest BCUT2D eigenvalue weighted by Gasteiger charge is 2.32. The van der Waals surface area contributed by atoms with Crippen molar-refractivity contribution in [2.45, 2.75) is 64.1 Å². The molecule has 0 spiro atoms. The fraction of sp³-hybridized carbons (Fsp3) is 0.378. The Hall–Kier alpha value is -4.48. The molecule has 11 heteroatoms. The van der Waals surface area contributed by atoms with Gasteiger partial charge in [-0.15, -0.1) is 0 Å².